The van der Waals surface area contributed by atoms with E-state index in [2.05, 4.69) is 48.1 Å². The Kier molecular flexibility index (Phi) is 3.79. The van der Waals surface area contributed by atoms with Gasteiger partial charge in [-0.3, -0.25) is 4.98 Å². The van der Waals surface area contributed by atoms with Crippen molar-refractivity contribution in [1.29, 1.82) is 0 Å². The lowest BCUT2D eigenvalue weighted by atomic mass is 9.95. The number of piperidine rings is 1. The van der Waals surface area contributed by atoms with Gasteiger partial charge in [0.2, 0.25) is 0 Å². The average Bonchev–Trinajstić information content (AvgIpc) is 2.47. The van der Waals surface area contributed by atoms with Crippen LogP contribution in [0.15, 0.2) is 36.7 Å². The summed E-state index contributed by atoms with van der Waals surface area (Å²) in [6.07, 6.45) is 6.27. The van der Waals surface area contributed by atoms with Crippen LogP contribution in [0.2, 0.25) is 0 Å². The lowest BCUT2D eigenvalue weighted by Gasteiger charge is -2.29. The van der Waals surface area contributed by atoms with E-state index in [1.54, 1.807) is 0 Å². The second-order valence-corrected chi connectivity index (χ2v) is 5.80. The molecule has 2 heterocycles. The maximum absolute atomic E-state index is 4.85. The van der Waals surface area contributed by atoms with Crippen LogP contribution in [0.25, 0.3) is 11.3 Å². The number of likely N-dealkylation sites (N-methyl/N-ethyl adjacent to an activating group) is 1. The molecule has 1 saturated heterocycles. The molecule has 1 atom stereocenters. The normalized spacial score (nSPS) is 20.0. The minimum Gasteiger partial charge on any atom is -0.306 e. The number of hydrogen-bond donors (Lipinski definition) is 0. The fourth-order valence-electron chi connectivity index (χ4n) is 2.93. The molecule has 0 aliphatic carbocycles. The van der Waals surface area contributed by atoms with Crippen LogP contribution in [0.4, 0.5) is 0 Å². The standard InChI is InChI=1S/C17H21N3/c1-13-5-3-6-14(9-13)16-10-18-11-17(19-16)15-7-4-8-20(2)12-15/h3,5-6,9-11,15H,4,7-8,12H2,1-2H3. The minimum absolute atomic E-state index is 0.519. The third-order valence-electron chi connectivity index (χ3n) is 4.01. The van der Waals surface area contributed by atoms with Crippen molar-refractivity contribution in [3.8, 4) is 11.3 Å². The Bertz CT molecular complexity index is 594. The predicted molar refractivity (Wildman–Crippen MR) is 81.7 cm³/mol. The van der Waals surface area contributed by atoms with Gasteiger partial charge in [-0.25, -0.2) is 4.98 Å². The van der Waals surface area contributed by atoms with Crippen molar-refractivity contribution in [2.45, 2.75) is 25.7 Å². The Labute approximate surface area is 120 Å². The van der Waals surface area contributed by atoms with E-state index in [0.717, 1.165) is 23.5 Å². The van der Waals surface area contributed by atoms with E-state index >= 15 is 0 Å². The monoisotopic (exact) mass is 267 g/mol. The van der Waals surface area contributed by atoms with E-state index in [0.29, 0.717) is 5.92 Å². The summed E-state index contributed by atoms with van der Waals surface area (Å²) >= 11 is 0. The van der Waals surface area contributed by atoms with Gasteiger partial charge in [0.1, 0.15) is 0 Å². The molecule has 3 nitrogen and oxygen atoms in total. The zero-order valence-electron chi connectivity index (χ0n) is 12.2. The van der Waals surface area contributed by atoms with Gasteiger partial charge in [0.15, 0.2) is 0 Å². The van der Waals surface area contributed by atoms with Crippen LogP contribution in [0.5, 0.6) is 0 Å². The highest BCUT2D eigenvalue weighted by atomic mass is 15.1. The first-order valence-corrected chi connectivity index (χ1v) is 7.30. The molecule has 1 aromatic heterocycles. The third kappa shape index (κ3) is 2.88. The Morgan fingerprint density at radius 2 is 2.15 bits per heavy atom. The van der Waals surface area contributed by atoms with Gasteiger partial charge in [-0.05, 0) is 39.4 Å². The smallest absolute Gasteiger partial charge is 0.0888 e. The molecule has 104 valence electrons. The average molecular weight is 267 g/mol. The maximum atomic E-state index is 4.85. The van der Waals surface area contributed by atoms with Crippen LogP contribution in [0, 0.1) is 6.92 Å². The fraction of sp³-hybridized carbons (Fsp3) is 0.412. The van der Waals surface area contributed by atoms with Crippen molar-refractivity contribution in [1.82, 2.24) is 14.9 Å². The predicted octanol–water partition coefficient (Wildman–Crippen LogP) is 3.26. The molecule has 0 amide bonds. The van der Waals surface area contributed by atoms with Gasteiger partial charge in [-0.2, -0.15) is 0 Å². The Balaban J connectivity index is 1.89. The van der Waals surface area contributed by atoms with Gasteiger partial charge in [0, 0.05) is 24.2 Å². The van der Waals surface area contributed by atoms with E-state index in [1.165, 1.54) is 24.9 Å². The Morgan fingerprint density at radius 3 is 2.95 bits per heavy atom. The molecule has 1 unspecified atom stereocenters. The molecule has 1 aromatic carbocycles. The summed E-state index contributed by atoms with van der Waals surface area (Å²) in [6.45, 7) is 4.39. The molecule has 0 bridgehead atoms. The molecule has 0 spiro atoms. The molecule has 1 aliphatic heterocycles. The summed E-state index contributed by atoms with van der Waals surface area (Å²) in [7, 11) is 2.18. The summed E-state index contributed by atoms with van der Waals surface area (Å²) in [5, 5.41) is 0. The van der Waals surface area contributed by atoms with Crippen molar-refractivity contribution >= 4 is 0 Å². The van der Waals surface area contributed by atoms with Gasteiger partial charge >= 0.3 is 0 Å². The number of likely N-dealkylation sites (tertiary alicyclic amines) is 1. The van der Waals surface area contributed by atoms with Crippen LogP contribution in [-0.2, 0) is 0 Å². The summed E-state index contributed by atoms with van der Waals surface area (Å²) < 4.78 is 0. The highest BCUT2D eigenvalue weighted by Crippen LogP contribution is 2.26. The largest absolute Gasteiger partial charge is 0.306 e. The highest BCUT2D eigenvalue weighted by Gasteiger charge is 2.20. The molecule has 0 radical (unpaired) electrons. The van der Waals surface area contributed by atoms with E-state index in [9.17, 15) is 0 Å². The van der Waals surface area contributed by atoms with Crippen molar-refractivity contribution in [2.75, 3.05) is 20.1 Å². The summed E-state index contributed by atoms with van der Waals surface area (Å²) in [5.41, 5.74) is 4.53. The Morgan fingerprint density at radius 1 is 1.25 bits per heavy atom. The fourth-order valence-corrected chi connectivity index (χ4v) is 2.93. The number of hydrogen-bond acceptors (Lipinski definition) is 3. The van der Waals surface area contributed by atoms with E-state index in [1.807, 2.05) is 12.4 Å². The van der Waals surface area contributed by atoms with Crippen LogP contribution in [-0.4, -0.2) is 35.0 Å². The van der Waals surface area contributed by atoms with Crippen LogP contribution in [0.3, 0.4) is 0 Å². The van der Waals surface area contributed by atoms with Crippen molar-refractivity contribution in [3.05, 3.63) is 47.9 Å². The van der Waals surface area contributed by atoms with E-state index in [-0.39, 0.29) is 0 Å². The van der Waals surface area contributed by atoms with Crippen molar-refractivity contribution in [2.24, 2.45) is 0 Å². The minimum atomic E-state index is 0.519. The zero-order valence-corrected chi connectivity index (χ0v) is 12.2. The number of aryl methyl sites for hydroxylation is 1. The second kappa shape index (κ2) is 5.71. The molecule has 20 heavy (non-hydrogen) atoms. The van der Waals surface area contributed by atoms with Gasteiger partial charge in [-0.1, -0.05) is 23.8 Å². The molecule has 3 heteroatoms. The Hall–Kier alpha value is -1.74. The molecule has 1 aliphatic rings. The maximum Gasteiger partial charge on any atom is 0.0888 e. The molecule has 1 fully saturated rings. The van der Waals surface area contributed by atoms with E-state index < -0.39 is 0 Å². The first-order chi connectivity index (χ1) is 9.72. The van der Waals surface area contributed by atoms with Gasteiger partial charge < -0.3 is 4.90 Å². The van der Waals surface area contributed by atoms with Crippen molar-refractivity contribution < 1.29 is 0 Å². The first-order valence-electron chi connectivity index (χ1n) is 7.30. The third-order valence-corrected chi connectivity index (χ3v) is 4.01. The second-order valence-electron chi connectivity index (χ2n) is 5.80. The van der Waals surface area contributed by atoms with Crippen molar-refractivity contribution in [3.63, 3.8) is 0 Å². The van der Waals surface area contributed by atoms with Gasteiger partial charge in [0.25, 0.3) is 0 Å². The summed E-state index contributed by atoms with van der Waals surface area (Å²) in [5.74, 6) is 0.519. The van der Waals surface area contributed by atoms with Gasteiger partial charge in [0.05, 0.1) is 17.6 Å². The topological polar surface area (TPSA) is 29.0 Å². The summed E-state index contributed by atoms with van der Waals surface area (Å²) in [4.78, 5) is 11.6. The van der Waals surface area contributed by atoms with E-state index in [4.69, 9.17) is 4.98 Å². The molecule has 2 aromatic rings. The number of nitrogens with zero attached hydrogens (tertiary/aromatic N) is 3. The first kappa shape index (κ1) is 13.3. The summed E-state index contributed by atoms with van der Waals surface area (Å²) in [6, 6.07) is 8.46. The lowest BCUT2D eigenvalue weighted by Crippen LogP contribution is -2.31. The lowest BCUT2D eigenvalue weighted by molar-refractivity contribution is 0.248. The molecule has 3 rings (SSSR count). The van der Waals surface area contributed by atoms with Crippen LogP contribution in [0.1, 0.15) is 30.0 Å². The zero-order chi connectivity index (χ0) is 13.9. The SMILES string of the molecule is Cc1cccc(-c2cncc(C3CCCN(C)C3)n2)c1. The number of benzene rings is 1. The van der Waals surface area contributed by atoms with Crippen LogP contribution < -0.4 is 0 Å². The van der Waals surface area contributed by atoms with Crippen LogP contribution >= 0.6 is 0 Å². The number of rotatable bonds is 2. The molecule has 0 N–H and O–H groups in total. The molecular formula is C17H21N3. The number of aromatic nitrogens is 2. The highest BCUT2D eigenvalue weighted by molar-refractivity contribution is 5.59. The quantitative estimate of drug-likeness (QED) is 0.836. The molecule has 0 saturated carbocycles. The van der Waals surface area contributed by atoms with Gasteiger partial charge in [-0.15, -0.1) is 0 Å². The molecular weight excluding hydrogens is 246 g/mol.